The minimum atomic E-state index is -0.291. The molecule has 2 aromatic heterocycles. The molecule has 0 bridgehead atoms. The number of aryl methyl sites for hydroxylation is 1. The maximum absolute atomic E-state index is 13.3. The van der Waals surface area contributed by atoms with Crippen LogP contribution in [0.5, 0.6) is 0 Å². The van der Waals surface area contributed by atoms with E-state index in [2.05, 4.69) is 15.3 Å². The molecule has 0 aliphatic carbocycles. The van der Waals surface area contributed by atoms with Crippen molar-refractivity contribution in [3.8, 4) is 10.6 Å². The largest absolute Gasteiger partial charge is 0.451 e. The van der Waals surface area contributed by atoms with E-state index in [1.807, 2.05) is 24.3 Å². The second-order valence-corrected chi connectivity index (χ2v) is 7.12. The molecule has 0 aliphatic rings. The number of hydrogen-bond donors (Lipinski definition) is 1. The third-order valence-electron chi connectivity index (χ3n) is 4.09. The van der Waals surface area contributed by atoms with E-state index in [-0.39, 0.29) is 11.7 Å². The first-order valence-corrected chi connectivity index (χ1v) is 9.32. The average Bonchev–Trinajstić information content (AvgIpc) is 3.31. The summed E-state index contributed by atoms with van der Waals surface area (Å²) >= 11 is 1.51. The van der Waals surface area contributed by atoms with E-state index in [0.717, 1.165) is 26.7 Å². The molecule has 2 heterocycles. The standard InChI is InChI=1S/C20H16FN3O2S/c21-14-6-9-18-17(10-14)24-20(27-18)13-4-7-15(8-5-13)23-19(25)3-1-2-16-11-26-12-22-16/h4-12H,1-3H2,(H,23,25). The van der Waals surface area contributed by atoms with Crippen molar-refractivity contribution < 1.29 is 13.6 Å². The molecule has 0 unspecified atom stereocenters. The molecule has 7 heteroatoms. The van der Waals surface area contributed by atoms with Crippen molar-refractivity contribution in [2.75, 3.05) is 5.32 Å². The van der Waals surface area contributed by atoms with Gasteiger partial charge in [-0.25, -0.2) is 14.4 Å². The number of hydrogen-bond acceptors (Lipinski definition) is 5. The summed E-state index contributed by atoms with van der Waals surface area (Å²) in [4.78, 5) is 20.6. The number of anilines is 1. The number of carbonyl (C=O) groups excluding carboxylic acids is 1. The van der Waals surface area contributed by atoms with Crippen LogP contribution in [0, 0.1) is 5.82 Å². The Hall–Kier alpha value is -3.06. The van der Waals surface area contributed by atoms with Crippen LogP contribution in [0.3, 0.4) is 0 Å². The number of rotatable bonds is 6. The molecule has 27 heavy (non-hydrogen) atoms. The summed E-state index contributed by atoms with van der Waals surface area (Å²) in [6, 6.07) is 12.1. The first kappa shape index (κ1) is 17.4. The molecule has 0 saturated carbocycles. The Morgan fingerprint density at radius 2 is 2.04 bits per heavy atom. The lowest BCUT2D eigenvalue weighted by atomic mass is 10.2. The molecule has 2 aromatic carbocycles. The zero-order valence-corrected chi connectivity index (χ0v) is 15.1. The summed E-state index contributed by atoms with van der Waals surface area (Å²) in [7, 11) is 0. The Morgan fingerprint density at radius 3 is 2.81 bits per heavy atom. The van der Waals surface area contributed by atoms with Gasteiger partial charge in [0.05, 0.1) is 15.9 Å². The smallest absolute Gasteiger partial charge is 0.224 e. The van der Waals surface area contributed by atoms with Gasteiger partial charge in [-0.05, 0) is 49.2 Å². The van der Waals surface area contributed by atoms with E-state index in [0.29, 0.717) is 24.8 Å². The second-order valence-electron chi connectivity index (χ2n) is 6.09. The number of carbonyl (C=O) groups is 1. The molecule has 5 nitrogen and oxygen atoms in total. The van der Waals surface area contributed by atoms with Gasteiger partial charge < -0.3 is 9.73 Å². The lowest BCUT2D eigenvalue weighted by molar-refractivity contribution is -0.116. The minimum Gasteiger partial charge on any atom is -0.451 e. The highest BCUT2D eigenvalue weighted by Crippen LogP contribution is 2.31. The van der Waals surface area contributed by atoms with E-state index in [1.54, 1.807) is 12.3 Å². The molecular weight excluding hydrogens is 365 g/mol. The van der Waals surface area contributed by atoms with Crippen LogP contribution in [0.25, 0.3) is 20.8 Å². The third kappa shape index (κ3) is 4.20. The van der Waals surface area contributed by atoms with Gasteiger partial charge >= 0.3 is 0 Å². The first-order valence-electron chi connectivity index (χ1n) is 8.51. The van der Waals surface area contributed by atoms with Crippen molar-refractivity contribution in [3.63, 3.8) is 0 Å². The topological polar surface area (TPSA) is 68.0 Å². The van der Waals surface area contributed by atoms with Crippen molar-refractivity contribution in [3.05, 3.63) is 66.6 Å². The van der Waals surface area contributed by atoms with Crippen LogP contribution >= 0.6 is 11.3 Å². The van der Waals surface area contributed by atoms with E-state index in [4.69, 9.17) is 4.42 Å². The van der Waals surface area contributed by atoms with Crippen LogP contribution in [0.4, 0.5) is 10.1 Å². The van der Waals surface area contributed by atoms with Gasteiger partial charge in [0.15, 0.2) is 6.39 Å². The predicted octanol–water partition coefficient (Wildman–Crippen LogP) is 5.05. The van der Waals surface area contributed by atoms with Crippen LogP contribution < -0.4 is 5.32 Å². The summed E-state index contributed by atoms with van der Waals surface area (Å²) in [5, 5.41) is 3.71. The van der Waals surface area contributed by atoms with E-state index < -0.39 is 0 Å². The Kier molecular flexibility index (Phi) is 4.93. The maximum Gasteiger partial charge on any atom is 0.224 e. The van der Waals surface area contributed by atoms with Gasteiger partial charge in [-0.1, -0.05) is 0 Å². The summed E-state index contributed by atoms with van der Waals surface area (Å²) in [6.45, 7) is 0. The Balaban J connectivity index is 1.37. The highest BCUT2D eigenvalue weighted by Gasteiger charge is 2.08. The molecular formula is C20H16FN3O2S. The fourth-order valence-electron chi connectivity index (χ4n) is 2.73. The van der Waals surface area contributed by atoms with Crippen molar-refractivity contribution in [2.45, 2.75) is 19.3 Å². The molecule has 0 aliphatic heterocycles. The van der Waals surface area contributed by atoms with Crippen molar-refractivity contribution in [1.82, 2.24) is 9.97 Å². The summed E-state index contributed by atoms with van der Waals surface area (Å²) < 4.78 is 19.2. The molecule has 0 fully saturated rings. The third-order valence-corrected chi connectivity index (χ3v) is 5.17. The van der Waals surface area contributed by atoms with E-state index >= 15 is 0 Å². The average molecular weight is 381 g/mol. The molecule has 4 rings (SSSR count). The number of nitrogens with one attached hydrogen (secondary N) is 1. The van der Waals surface area contributed by atoms with Crippen LogP contribution in [0.2, 0.25) is 0 Å². The van der Waals surface area contributed by atoms with Crippen LogP contribution in [0.15, 0.2) is 59.5 Å². The zero-order valence-electron chi connectivity index (χ0n) is 14.3. The van der Waals surface area contributed by atoms with Gasteiger partial charge in [0, 0.05) is 23.7 Å². The monoisotopic (exact) mass is 381 g/mol. The molecule has 0 atom stereocenters. The highest BCUT2D eigenvalue weighted by molar-refractivity contribution is 7.21. The normalized spacial score (nSPS) is 11.0. The van der Waals surface area contributed by atoms with Gasteiger partial charge in [-0.15, -0.1) is 11.3 Å². The summed E-state index contributed by atoms with van der Waals surface area (Å²) in [6.07, 6.45) is 4.81. The predicted molar refractivity (Wildman–Crippen MR) is 103 cm³/mol. The van der Waals surface area contributed by atoms with Gasteiger partial charge in [0.1, 0.15) is 17.1 Å². The number of amides is 1. The number of fused-ring (bicyclic) bond motifs is 1. The lowest BCUT2D eigenvalue weighted by Gasteiger charge is -2.05. The zero-order chi connectivity index (χ0) is 18.6. The van der Waals surface area contributed by atoms with Gasteiger partial charge in [-0.2, -0.15) is 0 Å². The first-order chi connectivity index (χ1) is 13.2. The highest BCUT2D eigenvalue weighted by atomic mass is 32.1. The van der Waals surface area contributed by atoms with Crippen molar-refractivity contribution in [1.29, 1.82) is 0 Å². The Bertz CT molecular complexity index is 1060. The number of oxazole rings is 1. The number of nitrogens with zero attached hydrogens (tertiary/aromatic N) is 2. The fraction of sp³-hybridized carbons (Fsp3) is 0.150. The van der Waals surface area contributed by atoms with Crippen LogP contribution in [-0.4, -0.2) is 15.9 Å². The second kappa shape index (κ2) is 7.67. The number of aromatic nitrogens is 2. The molecule has 4 aromatic rings. The van der Waals surface area contributed by atoms with E-state index in [1.165, 1.54) is 29.9 Å². The van der Waals surface area contributed by atoms with Crippen molar-refractivity contribution >= 4 is 33.1 Å². The summed E-state index contributed by atoms with van der Waals surface area (Å²) in [5.41, 5.74) is 3.17. The van der Waals surface area contributed by atoms with Gasteiger partial charge in [0.2, 0.25) is 5.91 Å². The number of halogens is 1. The van der Waals surface area contributed by atoms with Crippen LogP contribution in [0.1, 0.15) is 18.5 Å². The minimum absolute atomic E-state index is 0.0401. The molecule has 1 N–H and O–H groups in total. The lowest BCUT2D eigenvalue weighted by Crippen LogP contribution is -2.11. The Morgan fingerprint density at radius 1 is 1.19 bits per heavy atom. The fourth-order valence-corrected chi connectivity index (χ4v) is 3.69. The molecule has 0 saturated heterocycles. The SMILES string of the molecule is O=C(CCCc1cocn1)Nc1ccc(-c2nc3cc(F)ccc3s2)cc1. The molecule has 0 spiro atoms. The number of benzene rings is 2. The number of thiazole rings is 1. The van der Waals surface area contributed by atoms with Gasteiger partial charge in [0.25, 0.3) is 0 Å². The van der Waals surface area contributed by atoms with Gasteiger partial charge in [-0.3, -0.25) is 4.79 Å². The molecule has 0 radical (unpaired) electrons. The quantitative estimate of drug-likeness (QED) is 0.507. The molecule has 136 valence electrons. The van der Waals surface area contributed by atoms with Crippen molar-refractivity contribution in [2.24, 2.45) is 0 Å². The van der Waals surface area contributed by atoms with Crippen LogP contribution in [-0.2, 0) is 11.2 Å². The summed E-state index contributed by atoms with van der Waals surface area (Å²) in [5.74, 6) is -0.331. The Labute approximate surface area is 158 Å². The maximum atomic E-state index is 13.3. The van der Waals surface area contributed by atoms with E-state index in [9.17, 15) is 9.18 Å². The molecule has 1 amide bonds.